The lowest BCUT2D eigenvalue weighted by atomic mass is 10.2. The van der Waals surface area contributed by atoms with Crippen LogP contribution in [0.3, 0.4) is 0 Å². The lowest BCUT2D eigenvalue weighted by Gasteiger charge is -2.01. The largest absolute Gasteiger partial charge is 0.497 e. The molecule has 2 aromatic carbocycles. The number of rotatable bonds is 4. The van der Waals surface area contributed by atoms with Gasteiger partial charge in [-0.3, -0.25) is 9.79 Å². The standard InChI is InChI=1S/C16H15NO3.BrH/c1-12(18)20-16-9-5-14(6-10-16)17-11-13-3-7-15(19-2)8-4-13;/h3-11H,1-2H3;1H. The van der Waals surface area contributed by atoms with Gasteiger partial charge in [0, 0.05) is 13.1 Å². The van der Waals surface area contributed by atoms with E-state index in [1.165, 1.54) is 6.92 Å². The molecule has 0 atom stereocenters. The summed E-state index contributed by atoms with van der Waals surface area (Å²) in [6.45, 7) is 1.37. The van der Waals surface area contributed by atoms with Crippen molar-refractivity contribution >= 4 is 34.9 Å². The van der Waals surface area contributed by atoms with Crippen LogP contribution in [0.2, 0.25) is 0 Å². The van der Waals surface area contributed by atoms with Gasteiger partial charge in [0.05, 0.1) is 12.8 Å². The van der Waals surface area contributed by atoms with E-state index >= 15 is 0 Å². The van der Waals surface area contributed by atoms with Gasteiger partial charge in [-0.1, -0.05) is 0 Å². The van der Waals surface area contributed by atoms with Gasteiger partial charge in [0.25, 0.3) is 0 Å². The molecule has 0 saturated carbocycles. The summed E-state index contributed by atoms with van der Waals surface area (Å²) in [5.74, 6) is 0.994. The summed E-state index contributed by atoms with van der Waals surface area (Å²) in [6.07, 6.45) is 1.76. The van der Waals surface area contributed by atoms with Crippen LogP contribution in [0.4, 0.5) is 5.69 Å². The third-order valence-corrected chi connectivity index (χ3v) is 2.58. The van der Waals surface area contributed by atoms with Crippen LogP contribution in [0.5, 0.6) is 11.5 Å². The summed E-state index contributed by atoms with van der Waals surface area (Å²) in [7, 11) is 1.63. The van der Waals surface area contributed by atoms with Crippen molar-refractivity contribution in [3.05, 3.63) is 54.1 Å². The van der Waals surface area contributed by atoms with Crippen LogP contribution in [0, 0.1) is 0 Å². The molecule has 2 aromatic rings. The minimum Gasteiger partial charge on any atom is -0.497 e. The van der Waals surface area contributed by atoms with Crippen molar-refractivity contribution < 1.29 is 14.3 Å². The van der Waals surface area contributed by atoms with Crippen LogP contribution in [-0.2, 0) is 4.79 Å². The van der Waals surface area contributed by atoms with E-state index in [9.17, 15) is 4.79 Å². The van der Waals surface area contributed by atoms with Crippen LogP contribution in [-0.4, -0.2) is 19.3 Å². The number of hydrogen-bond acceptors (Lipinski definition) is 4. The van der Waals surface area contributed by atoms with Crippen LogP contribution in [0.25, 0.3) is 0 Å². The zero-order chi connectivity index (χ0) is 14.4. The first-order valence-electron chi connectivity index (χ1n) is 6.14. The Kier molecular flexibility index (Phi) is 6.62. The van der Waals surface area contributed by atoms with Crippen LogP contribution in [0.1, 0.15) is 12.5 Å². The smallest absolute Gasteiger partial charge is 0.308 e. The Morgan fingerprint density at radius 1 is 1.00 bits per heavy atom. The number of halogens is 1. The highest BCUT2D eigenvalue weighted by Gasteiger charge is 1.97. The van der Waals surface area contributed by atoms with Gasteiger partial charge in [-0.25, -0.2) is 0 Å². The summed E-state index contributed by atoms with van der Waals surface area (Å²) >= 11 is 0. The van der Waals surface area contributed by atoms with Crippen LogP contribution in [0.15, 0.2) is 53.5 Å². The number of hydrogen-bond donors (Lipinski definition) is 0. The van der Waals surface area contributed by atoms with Gasteiger partial charge in [-0.2, -0.15) is 0 Å². The van der Waals surface area contributed by atoms with Gasteiger partial charge < -0.3 is 9.47 Å². The average Bonchev–Trinajstić information content (AvgIpc) is 2.46. The molecule has 110 valence electrons. The van der Waals surface area contributed by atoms with E-state index in [1.54, 1.807) is 37.6 Å². The first-order valence-corrected chi connectivity index (χ1v) is 6.14. The molecule has 0 bridgehead atoms. The fourth-order valence-electron chi connectivity index (χ4n) is 1.61. The molecule has 2 rings (SSSR count). The van der Waals surface area contributed by atoms with E-state index in [4.69, 9.17) is 9.47 Å². The van der Waals surface area contributed by atoms with E-state index in [0.29, 0.717) is 5.75 Å². The number of carbonyl (C=O) groups excluding carboxylic acids is 1. The van der Waals surface area contributed by atoms with E-state index in [-0.39, 0.29) is 23.0 Å². The Bertz CT molecular complexity index is 606. The van der Waals surface area contributed by atoms with Gasteiger partial charge >= 0.3 is 5.97 Å². The first kappa shape index (κ1) is 16.9. The second kappa shape index (κ2) is 8.21. The molecule has 0 saturated heterocycles. The number of carbonyl (C=O) groups is 1. The maximum Gasteiger partial charge on any atom is 0.308 e. The van der Waals surface area contributed by atoms with Gasteiger partial charge in [-0.15, -0.1) is 17.0 Å². The lowest BCUT2D eigenvalue weighted by Crippen LogP contribution is -2.00. The molecule has 21 heavy (non-hydrogen) atoms. The fourth-order valence-corrected chi connectivity index (χ4v) is 1.61. The molecule has 0 radical (unpaired) electrons. The number of benzene rings is 2. The van der Waals surface area contributed by atoms with Gasteiger partial charge in [-0.05, 0) is 54.1 Å². The van der Waals surface area contributed by atoms with Crippen LogP contribution < -0.4 is 9.47 Å². The molecular weight excluding hydrogens is 334 g/mol. The van der Waals surface area contributed by atoms with Crippen molar-refractivity contribution in [2.75, 3.05) is 7.11 Å². The van der Waals surface area contributed by atoms with E-state index in [1.807, 2.05) is 24.3 Å². The number of esters is 1. The Balaban J connectivity index is 0.00000220. The van der Waals surface area contributed by atoms with E-state index < -0.39 is 0 Å². The zero-order valence-corrected chi connectivity index (χ0v) is 13.5. The highest BCUT2D eigenvalue weighted by atomic mass is 79.9. The van der Waals surface area contributed by atoms with Crippen molar-refractivity contribution in [2.45, 2.75) is 6.92 Å². The van der Waals surface area contributed by atoms with E-state index in [2.05, 4.69) is 4.99 Å². The Morgan fingerprint density at radius 3 is 2.10 bits per heavy atom. The number of ether oxygens (including phenoxy) is 2. The fraction of sp³-hybridized carbons (Fsp3) is 0.125. The zero-order valence-electron chi connectivity index (χ0n) is 11.8. The monoisotopic (exact) mass is 349 g/mol. The Labute approximate surface area is 134 Å². The number of nitrogens with zero attached hydrogens (tertiary/aromatic N) is 1. The summed E-state index contributed by atoms with van der Waals surface area (Å²) in [5.41, 5.74) is 1.77. The summed E-state index contributed by atoms with van der Waals surface area (Å²) in [5, 5.41) is 0. The average molecular weight is 350 g/mol. The maximum atomic E-state index is 10.8. The number of aliphatic imine (C=N–C) groups is 1. The Morgan fingerprint density at radius 2 is 1.57 bits per heavy atom. The van der Waals surface area contributed by atoms with Crippen LogP contribution >= 0.6 is 17.0 Å². The van der Waals surface area contributed by atoms with E-state index in [0.717, 1.165) is 17.0 Å². The second-order valence-corrected chi connectivity index (χ2v) is 4.12. The maximum absolute atomic E-state index is 10.8. The van der Waals surface area contributed by atoms with Crippen molar-refractivity contribution in [3.63, 3.8) is 0 Å². The molecule has 5 heteroatoms. The summed E-state index contributed by atoms with van der Waals surface area (Å²) in [6, 6.07) is 14.6. The van der Waals surface area contributed by atoms with Crippen molar-refractivity contribution in [1.29, 1.82) is 0 Å². The molecule has 0 aliphatic carbocycles. The van der Waals surface area contributed by atoms with Crippen molar-refractivity contribution in [1.82, 2.24) is 0 Å². The van der Waals surface area contributed by atoms with Gasteiger partial charge in [0.2, 0.25) is 0 Å². The Hall–Kier alpha value is -2.14. The second-order valence-electron chi connectivity index (χ2n) is 4.12. The normalized spacial score (nSPS) is 10.0. The summed E-state index contributed by atoms with van der Waals surface area (Å²) < 4.78 is 10.0. The lowest BCUT2D eigenvalue weighted by molar-refractivity contribution is -0.131. The first-order chi connectivity index (χ1) is 9.67. The SMILES string of the molecule is Br.COc1ccc(C=Nc2ccc(OC(C)=O)cc2)cc1. The molecule has 0 aliphatic heterocycles. The minimum atomic E-state index is -0.334. The molecule has 0 fully saturated rings. The molecule has 4 nitrogen and oxygen atoms in total. The predicted molar refractivity (Wildman–Crippen MR) is 88.3 cm³/mol. The quantitative estimate of drug-likeness (QED) is 0.477. The van der Waals surface area contributed by atoms with Gasteiger partial charge in [0.1, 0.15) is 11.5 Å². The highest BCUT2D eigenvalue weighted by Crippen LogP contribution is 2.18. The third-order valence-electron chi connectivity index (χ3n) is 2.58. The van der Waals surface area contributed by atoms with Crippen molar-refractivity contribution in [3.8, 4) is 11.5 Å². The topological polar surface area (TPSA) is 47.9 Å². The molecule has 0 unspecified atom stereocenters. The predicted octanol–water partition coefficient (Wildman–Crippen LogP) is 3.95. The molecular formula is C16H16BrNO3. The molecule has 0 N–H and O–H groups in total. The molecule has 0 spiro atoms. The summed E-state index contributed by atoms with van der Waals surface area (Å²) in [4.78, 5) is 15.1. The van der Waals surface area contributed by atoms with Gasteiger partial charge in [0.15, 0.2) is 0 Å². The third kappa shape index (κ3) is 5.39. The molecule has 0 heterocycles. The molecule has 0 aliphatic rings. The van der Waals surface area contributed by atoms with Crippen molar-refractivity contribution in [2.24, 2.45) is 4.99 Å². The molecule has 0 amide bonds. The minimum absolute atomic E-state index is 0. The molecule has 0 aromatic heterocycles. The highest BCUT2D eigenvalue weighted by molar-refractivity contribution is 8.93. The number of methoxy groups -OCH3 is 1.